The molecule has 3 aromatic carbocycles. The highest BCUT2D eigenvalue weighted by Gasteiger charge is 2.16. The van der Waals surface area contributed by atoms with Crippen LogP contribution in [-0.2, 0) is 0 Å². The first-order valence-electron chi connectivity index (χ1n) is 9.83. The Morgan fingerprint density at radius 1 is 0.857 bits per heavy atom. The van der Waals surface area contributed by atoms with Gasteiger partial charge < -0.3 is 5.73 Å². The van der Waals surface area contributed by atoms with Crippen LogP contribution in [0.15, 0.2) is 60.7 Å². The van der Waals surface area contributed by atoms with Crippen molar-refractivity contribution < 1.29 is 0 Å². The summed E-state index contributed by atoms with van der Waals surface area (Å²) in [5, 5.41) is 11.1. The second-order valence-corrected chi connectivity index (χ2v) is 6.98. The van der Waals surface area contributed by atoms with Gasteiger partial charge in [-0.25, -0.2) is 0 Å². The van der Waals surface area contributed by atoms with Crippen LogP contribution in [0.4, 0.5) is 5.69 Å². The third-order valence-electron chi connectivity index (χ3n) is 4.82. The number of unbranched alkanes of at least 4 members (excludes halogenated alkanes) is 1. The molecule has 144 valence electrons. The Kier molecular flexibility index (Phi) is 6.09. The maximum absolute atomic E-state index is 5.89. The minimum atomic E-state index is 0.754. The van der Waals surface area contributed by atoms with Gasteiger partial charge in [0.25, 0.3) is 0 Å². The second-order valence-electron chi connectivity index (χ2n) is 6.98. The highest BCUT2D eigenvalue weighted by atomic mass is 15.3. The molecule has 1 aromatic heterocycles. The van der Waals surface area contributed by atoms with E-state index in [0.29, 0.717) is 0 Å². The summed E-state index contributed by atoms with van der Waals surface area (Å²) in [5.41, 5.74) is 9.86. The molecular formula is C24H28N4. The van der Waals surface area contributed by atoms with Crippen LogP contribution in [0.3, 0.4) is 0 Å². The summed E-state index contributed by atoms with van der Waals surface area (Å²) in [6.45, 7) is 8.38. The molecule has 28 heavy (non-hydrogen) atoms. The molecule has 0 saturated heterocycles. The molecule has 0 fully saturated rings. The number of nitrogens with two attached hydrogens (primary N) is 1. The first kappa shape index (κ1) is 19.6. The van der Waals surface area contributed by atoms with Crippen LogP contribution in [0.2, 0.25) is 0 Å². The van der Waals surface area contributed by atoms with Gasteiger partial charge in [-0.1, -0.05) is 63.1 Å². The van der Waals surface area contributed by atoms with Crippen molar-refractivity contribution in [3.8, 4) is 17.1 Å². The maximum atomic E-state index is 5.89. The minimum Gasteiger partial charge on any atom is -0.399 e. The van der Waals surface area contributed by atoms with Gasteiger partial charge in [0.05, 0.1) is 5.69 Å². The van der Waals surface area contributed by atoms with E-state index in [1.54, 1.807) is 0 Å². The summed E-state index contributed by atoms with van der Waals surface area (Å²) in [5.74, 6) is 1.69. The Hall–Kier alpha value is -3.14. The predicted molar refractivity (Wildman–Crippen MR) is 119 cm³/mol. The lowest BCUT2D eigenvalue weighted by atomic mass is 10.1. The molecule has 0 amide bonds. The van der Waals surface area contributed by atoms with Gasteiger partial charge >= 0.3 is 0 Å². The molecule has 0 saturated carbocycles. The number of hydrogen-bond donors (Lipinski definition) is 1. The molecule has 4 aromatic rings. The highest BCUT2D eigenvalue weighted by molar-refractivity contribution is 5.91. The van der Waals surface area contributed by atoms with Crippen molar-refractivity contribution in [2.24, 2.45) is 0 Å². The number of nitrogen functional groups attached to an aromatic ring is 1. The van der Waals surface area contributed by atoms with E-state index >= 15 is 0 Å². The standard InChI is InChI=1S/C20H18N4.C4H10/c1-13-12-16(21)10-11-17(13)20-23-22-14(2)24(20)19-9-5-7-15-6-3-4-8-18(15)19;1-3-4-2/h3-12H,21H2,1-2H3;3-4H2,1-2H3. The molecule has 0 aliphatic heterocycles. The van der Waals surface area contributed by atoms with Gasteiger partial charge in [0.1, 0.15) is 5.82 Å². The molecule has 0 aliphatic carbocycles. The number of fused-ring (bicyclic) bond motifs is 1. The molecule has 0 aliphatic rings. The fourth-order valence-electron chi connectivity index (χ4n) is 3.17. The Morgan fingerprint density at radius 3 is 2.29 bits per heavy atom. The van der Waals surface area contributed by atoms with Crippen molar-refractivity contribution in [2.75, 3.05) is 5.73 Å². The molecule has 2 N–H and O–H groups in total. The Bertz CT molecular complexity index is 1070. The summed E-state index contributed by atoms with van der Waals surface area (Å²) in [4.78, 5) is 0. The lowest BCUT2D eigenvalue weighted by Gasteiger charge is -2.13. The van der Waals surface area contributed by atoms with Crippen molar-refractivity contribution in [2.45, 2.75) is 40.5 Å². The molecule has 0 spiro atoms. The van der Waals surface area contributed by atoms with Crippen molar-refractivity contribution in [1.82, 2.24) is 14.8 Å². The lowest BCUT2D eigenvalue weighted by Crippen LogP contribution is -2.02. The van der Waals surface area contributed by atoms with E-state index in [1.165, 1.54) is 23.6 Å². The van der Waals surface area contributed by atoms with Crippen molar-refractivity contribution in [3.05, 3.63) is 72.1 Å². The quantitative estimate of drug-likeness (QED) is 0.443. The maximum Gasteiger partial charge on any atom is 0.168 e. The van der Waals surface area contributed by atoms with Crippen LogP contribution in [0.25, 0.3) is 27.8 Å². The van der Waals surface area contributed by atoms with Crippen LogP contribution in [0, 0.1) is 13.8 Å². The molecule has 0 atom stereocenters. The molecule has 4 rings (SSSR count). The summed E-state index contributed by atoms with van der Waals surface area (Å²) < 4.78 is 2.11. The van der Waals surface area contributed by atoms with E-state index in [0.717, 1.165) is 34.2 Å². The molecular weight excluding hydrogens is 344 g/mol. The van der Waals surface area contributed by atoms with Gasteiger partial charge in [0.15, 0.2) is 5.82 Å². The average molecular weight is 373 g/mol. The van der Waals surface area contributed by atoms with Crippen LogP contribution in [0.5, 0.6) is 0 Å². The monoisotopic (exact) mass is 372 g/mol. The van der Waals surface area contributed by atoms with E-state index < -0.39 is 0 Å². The Labute approximate surface area is 167 Å². The van der Waals surface area contributed by atoms with E-state index in [4.69, 9.17) is 5.73 Å². The predicted octanol–water partition coefficient (Wildman–Crippen LogP) is 6.09. The van der Waals surface area contributed by atoms with Gasteiger partial charge in [-0.2, -0.15) is 0 Å². The van der Waals surface area contributed by atoms with Gasteiger partial charge in [-0.05, 0) is 49.1 Å². The largest absolute Gasteiger partial charge is 0.399 e. The molecule has 4 nitrogen and oxygen atoms in total. The van der Waals surface area contributed by atoms with Crippen molar-refractivity contribution in [1.29, 1.82) is 0 Å². The second kappa shape index (κ2) is 8.70. The zero-order valence-corrected chi connectivity index (χ0v) is 17.1. The van der Waals surface area contributed by atoms with Crippen molar-refractivity contribution >= 4 is 16.5 Å². The van der Waals surface area contributed by atoms with E-state index in [2.05, 4.69) is 71.1 Å². The molecule has 4 heteroatoms. The molecule has 0 unspecified atom stereocenters. The summed E-state index contributed by atoms with van der Waals surface area (Å²) in [6.07, 6.45) is 2.64. The highest BCUT2D eigenvalue weighted by Crippen LogP contribution is 2.30. The van der Waals surface area contributed by atoms with Crippen LogP contribution >= 0.6 is 0 Å². The molecule has 0 bridgehead atoms. The van der Waals surface area contributed by atoms with Gasteiger partial charge in [0.2, 0.25) is 0 Å². The third kappa shape index (κ3) is 3.91. The number of nitrogens with zero attached hydrogens (tertiary/aromatic N) is 3. The van der Waals surface area contributed by atoms with Crippen LogP contribution < -0.4 is 5.73 Å². The number of anilines is 1. The number of benzene rings is 3. The Balaban J connectivity index is 0.000000516. The smallest absolute Gasteiger partial charge is 0.168 e. The first-order valence-corrected chi connectivity index (χ1v) is 9.83. The van der Waals surface area contributed by atoms with E-state index in [-0.39, 0.29) is 0 Å². The fraction of sp³-hybridized carbons (Fsp3) is 0.250. The Morgan fingerprint density at radius 2 is 1.57 bits per heavy atom. The number of rotatable bonds is 3. The van der Waals surface area contributed by atoms with Gasteiger partial charge in [-0.3, -0.25) is 4.57 Å². The van der Waals surface area contributed by atoms with E-state index in [9.17, 15) is 0 Å². The average Bonchev–Trinajstić information content (AvgIpc) is 3.08. The first-order chi connectivity index (χ1) is 13.6. The summed E-state index contributed by atoms with van der Waals surface area (Å²) >= 11 is 0. The number of aromatic nitrogens is 3. The third-order valence-corrected chi connectivity index (χ3v) is 4.82. The minimum absolute atomic E-state index is 0.754. The normalized spacial score (nSPS) is 10.6. The molecule has 1 heterocycles. The van der Waals surface area contributed by atoms with Crippen LogP contribution in [-0.4, -0.2) is 14.8 Å². The summed E-state index contributed by atoms with van der Waals surface area (Å²) in [6, 6.07) is 20.5. The van der Waals surface area contributed by atoms with Gasteiger partial charge in [0, 0.05) is 16.6 Å². The van der Waals surface area contributed by atoms with Crippen LogP contribution in [0.1, 0.15) is 38.1 Å². The topological polar surface area (TPSA) is 56.7 Å². The molecule has 0 radical (unpaired) electrons. The summed E-state index contributed by atoms with van der Waals surface area (Å²) in [7, 11) is 0. The van der Waals surface area contributed by atoms with E-state index in [1.807, 2.05) is 32.0 Å². The lowest BCUT2D eigenvalue weighted by molar-refractivity contribution is 0.886. The SMILES string of the molecule is CCCC.Cc1cc(N)ccc1-c1nnc(C)n1-c1cccc2ccccc12. The fourth-order valence-corrected chi connectivity index (χ4v) is 3.17. The zero-order valence-electron chi connectivity index (χ0n) is 17.1. The van der Waals surface area contributed by atoms with Gasteiger partial charge in [-0.15, -0.1) is 10.2 Å². The number of hydrogen-bond acceptors (Lipinski definition) is 3. The number of aryl methyl sites for hydroxylation is 2. The van der Waals surface area contributed by atoms with Crippen molar-refractivity contribution in [3.63, 3.8) is 0 Å². The zero-order chi connectivity index (χ0) is 20.1.